The van der Waals surface area contributed by atoms with E-state index < -0.39 is 22.9 Å². The van der Waals surface area contributed by atoms with E-state index in [1.807, 2.05) is 20.8 Å². The monoisotopic (exact) mass is 187 g/mol. The number of hydrogen-bond acceptors (Lipinski definition) is 4. The molecule has 0 aliphatic carbocycles. The van der Waals surface area contributed by atoms with Crippen molar-refractivity contribution >= 4 is 5.97 Å². The van der Waals surface area contributed by atoms with E-state index in [0.29, 0.717) is 0 Å². The van der Waals surface area contributed by atoms with Gasteiger partial charge in [-0.05, 0) is 13.5 Å². The molecule has 0 aromatic heterocycles. The number of esters is 1. The van der Waals surface area contributed by atoms with Crippen LogP contribution in [0, 0.1) is 5.41 Å². The molecule has 1 atom stereocenters. The zero-order valence-electron chi connectivity index (χ0n) is 8.55. The summed E-state index contributed by atoms with van der Waals surface area (Å²) < 4.78 is 4.85. The molecule has 0 rings (SSSR count). The van der Waals surface area contributed by atoms with Crippen LogP contribution in [0.5, 0.6) is 0 Å². The first-order valence-corrected chi connectivity index (χ1v) is 3.98. The molecule has 0 saturated carbocycles. The Hall–Kier alpha value is -1.03. The second kappa shape index (κ2) is 3.38. The molecule has 0 fully saturated rings. The Bertz CT molecular complexity index is 226. The summed E-state index contributed by atoms with van der Waals surface area (Å²) >= 11 is 0. The first-order valence-electron chi connectivity index (χ1n) is 3.98. The van der Waals surface area contributed by atoms with Gasteiger partial charge in [0.05, 0.1) is 0 Å². The van der Waals surface area contributed by atoms with Gasteiger partial charge in [0.25, 0.3) is 0 Å². The molecule has 1 unspecified atom stereocenters. The van der Waals surface area contributed by atoms with Crippen molar-refractivity contribution in [2.45, 2.75) is 33.4 Å². The fourth-order valence-corrected chi connectivity index (χ4v) is 0.405. The number of aliphatic hydroxyl groups excluding tert-OH is 1. The Labute approximate surface area is 78.4 Å². The van der Waals surface area contributed by atoms with Crippen LogP contribution in [0.15, 0.2) is 12.3 Å². The Morgan fingerprint density at radius 2 is 1.77 bits per heavy atom. The van der Waals surface area contributed by atoms with Crippen LogP contribution >= 0.6 is 0 Å². The fraction of sp³-hybridized carbons (Fsp3) is 0.667. The maximum Gasteiger partial charge on any atom is 0.374 e. The smallest absolute Gasteiger partial charge is 0.374 e. The zero-order valence-corrected chi connectivity index (χ0v) is 8.55. The molecule has 4 nitrogen and oxygen atoms in total. The Kier molecular flexibility index (Phi) is 3.11. The van der Waals surface area contributed by atoms with Crippen molar-refractivity contribution in [3.8, 4) is 0 Å². The molecular weight excluding hydrogens is 170 g/mol. The van der Waals surface area contributed by atoms with Gasteiger partial charge in [0.1, 0.15) is 0 Å². The third-order valence-electron chi connectivity index (χ3n) is 2.03. The summed E-state index contributed by atoms with van der Waals surface area (Å²) in [7, 11) is 0. The lowest BCUT2D eigenvalue weighted by Gasteiger charge is -2.37. The largest absolute Gasteiger partial charge is 0.502 e. The molecule has 0 amide bonds. The van der Waals surface area contributed by atoms with E-state index in [1.54, 1.807) is 6.92 Å². The van der Waals surface area contributed by atoms with Gasteiger partial charge in [-0.2, -0.15) is 0 Å². The first-order chi connectivity index (χ1) is 5.58. The number of rotatable bonds is 2. The molecule has 0 spiro atoms. The third kappa shape index (κ3) is 3.06. The molecule has 0 bridgehead atoms. The summed E-state index contributed by atoms with van der Waals surface area (Å²) in [6.45, 7) is 10.1. The highest BCUT2D eigenvalue weighted by molar-refractivity contribution is 5.85. The van der Waals surface area contributed by atoms with Crippen molar-refractivity contribution in [1.82, 2.24) is 0 Å². The molecule has 0 aromatic rings. The summed E-state index contributed by atoms with van der Waals surface area (Å²) in [5, 5.41) is 8.73. The minimum absolute atomic E-state index is 0.405. The Morgan fingerprint density at radius 3 is 2.00 bits per heavy atom. The van der Waals surface area contributed by atoms with Gasteiger partial charge >= 0.3 is 5.97 Å². The van der Waals surface area contributed by atoms with Gasteiger partial charge < -0.3 is 9.84 Å². The molecule has 13 heavy (non-hydrogen) atoms. The minimum atomic E-state index is -1.13. The lowest BCUT2D eigenvalue weighted by molar-refractivity contribution is -0.167. The van der Waals surface area contributed by atoms with Gasteiger partial charge in [0, 0.05) is 5.41 Å². The molecular formula is C9H17NO3. The van der Waals surface area contributed by atoms with Crippen LogP contribution in [0.2, 0.25) is 0 Å². The molecule has 0 aliphatic heterocycles. The number of carbonyl (C=O) groups is 1. The molecule has 3 N–H and O–H groups in total. The van der Waals surface area contributed by atoms with E-state index >= 15 is 0 Å². The van der Waals surface area contributed by atoms with Crippen LogP contribution in [-0.4, -0.2) is 16.8 Å². The van der Waals surface area contributed by atoms with Crippen molar-refractivity contribution in [2.24, 2.45) is 11.1 Å². The molecule has 0 saturated heterocycles. The predicted molar refractivity (Wildman–Crippen MR) is 49.9 cm³/mol. The minimum Gasteiger partial charge on any atom is -0.502 e. The highest BCUT2D eigenvalue weighted by Gasteiger charge is 2.37. The number of aliphatic hydroxyl groups is 1. The molecule has 0 aromatic carbocycles. The fourth-order valence-electron chi connectivity index (χ4n) is 0.405. The highest BCUT2D eigenvalue weighted by atomic mass is 16.6. The van der Waals surface area contributed by atoms with Gasteiger partial charge in [0.15, 0.2) is 11.5 Å². The average molecular weight is 187 g/mol. The lowest BCUT2D eigenvalue weighted by atomic mass is 9.85. The molecule has 0 radical (unpaired) electrons. The van der Waals surface area contributed by atoms with Crippen LogP contribution in [-0.2, 0) is 9.53 Å². The molecule has 0 heterocycles. The van der Waals surface area contributed by atoms with Crippen molar-refractivity contribution in [3.05, 3.63) is 12.3 Å². The van der Waals surface area contributed by atoms with Crippen molar-refractivity contribution in [3.63, 3.8) is 0 Å². The topological polar surface area (TPSA) is 72.5 Å². The van der Waals surface area contributed by atoms with Gasteiger partial charge in [-0.3, -0.25) is 5.73 Å². The molecule has 0 aliphatic rings. The van der Waals surface area contributed by atoms with Crippen LogP contribution in [0.3, 0.4) is 0 Å². The number of nitrogens with two attached hydrogens (primary N) is 1. The number of hydrogen-bond donors (Lipinski definition) is 2. The van der Waals surface area contributed by atoms with Crippen molar-refractivity contribution in [1.29, 1.82) is 0 Å². The summed E-state index contributed by atoms with van der Waals surface area (Å²) in [4.78, 5) is 11.0. The van der Waals surface area contributed by atoms with Crippen LogP contribution in [0.4, 0.5) is 0 Å². The van der Waals surface area contributed by atoms with E-state index in [0.717, 1.165) is 0 Å². The number of ether oxygens (including phenoxy) is 1. The second-order valence-electron chi connectivity index (χ2n) is 4.19. The maximum absolute atomic E-state index is 11.0. The van der Waals surface area contributed by atoms with Crippen molar-refractivity contribution in [2.75, 3.05) is 0 Å². The van der Waals surface area contributed by atoms with Crippen LogP contribution in [0.1, 0.15) is 27.7 Å². The van der Waals surface area contributed by atoms with Gasteiger partial charge in [-0.1, -0.05) is 20.8 Å². The Morgan fingerprint density at radius 1 is 1.38 bits per heavy atom. The summed E-state index contributed by atoms with van der Waals surface area (Å²) in [5.74, 6) is -1.53. The standard InChI is InChI=1S/C9H17NO3/c1-6(11)7(12)13-9(5,10)8(2,3)4/h11H,1,10H2,2-5H3. The van der Waals surface area contributed by atoms with Gasteiger partial charge in [-0.25, -0.2) is 4.79 Å². The second-order valence-corrected chi connectivity index (χ2v) is 4.19. The predicted octanol–water partition coefficient (Wildman–Crippen LogP) is 1.32. The first kappa shape index (κ1) is 12.0. The normalized spacial score (nSPS) is 16.1. The van der Waals surface area contributed by atoms with E-state index in [-0.39, 0.29) is 0 Å². The van der Waals surface area contributed by atoms with E-state index in [4.69, 9.17) is 15.6 Å². The van der Waals surface area contributed by atoms with Crippen LogP contribution in [0.25, 0.3) is 0 Å². The molecule has 76 valence electrons. The van der Waals surface area contributed by atoms with Gasteiger partial charge in [-0.15, -0.1) is 0 Å². The SMILES string of the molecule is C=C(O)C(=O)OC(C)(N)C(C)(C)C. The molecule has 4 heteroatoms. The third-order valence-corrected chi connectivity index (χ3v) is 2.03. The summed E-state index contributed by atoms with van der Waals surface area (Å²) in [5.41, 5.74) is 4.20. The van der Waals surface area contributed by atoms with E-state index in [1.165, 1.54) is 0 Å². The van der Waals surface area contributed by atoms with Crippen LogP contribution < -0.4 is 5.73 Å². The summed E-state index contributed by atoms with van der Waals surface area (Å²) in [6, 6.07) is 0. The summed E-state index contributed by atoms with van der Waals surface area (Å²) in [6.07, 6.45) is 0. The quantitative estimate of drug-likeness (QED) is 0.296. The number of carbonyl (C=O) groups excluding carboxylic acids is 1. The lowest BCUT2D eigenvalue weighted by Crippen LogP contribution is -2.52. The van der Waals surface area contributed by atoms with E-state index in [2.05, 4.69) is 6.58 Å². The zero-order chi connectivity index (χ0) is 10.9. The highest BCUT2D eigenvalue weighted by Crippen LogP contribution is 2.29. The maximum atomic E-state index is 11.0. The van der Waals surface area contributed by atoms with E-state index in [9.17, 15) is 4.79 Å². The van der Waals surface area contributed by atoms with Crippen molar-refractivity contribution < 1.29 is 14.6 Å². The van der Waals surface area contributed by atoms with Gasteiger partial charge in [0.2, 0.25) is 0 Å². The Balaban J connectivity index is 4.53. The average Bonchev–Trinajstić information content (AvgIpc) is 1.83.